The molecular formula is C14H20F2N2O. The molecule has 0 aliphatic heterocycles. The molecule has 3 nitrogen and oxygen atoms in total. The summed E-state index contributed by atoms with van der Waals surface area (Å²) in [6, 6.07) is 2.83. The van der Waals surface area contributed by atoms with Gasteiger partial charge in [0.05, 0.1) is 6.04 Å². The molecule has 2 N–H and O–H groups in total. The second-order valence-corrected chi connectivity index (χ2v) is 4.48. The lowest BCUT2D eigenvalue weighted by Gasteiger charge is -2.14. The summed E-state index contributed by atoms with van der Waals surface area (Å²) in [5.41, 5.74) is 0.216. The largest absolute Gasteiger partial charge is 0.355 e. The van der Waals surface area contributed by atoms with Gasteiger partial charge in [0.15, 0.2) is 0 Å². The van der Waals surface area contributed by atoms with Crippen molar-refractivity contribution in [2.45, 2.75) is 39.3 Å². The molecule has 1 aromatic rings. The van der Waals surface area contributed by atoms with E-state index in [2.05, 4.69) is 10.6 Å². The monoisotopic (exact) mass is 270 g/mol. The molecule has 0 spiro atoms. The van der Waals surface area contributed by atoms with Crippen LogP contribution in [0.1, 0.15) is 32.3 Å². The van der Waals surface area contributed by atoms with Crippen LogP contribution in [0.2, 0.25) is 0 Å². The summed E-state index contributed by atoms with van der Waals surface area (Å²) in [4.78, 5) is 11.6. The highest BCUT2D eigenvalue weighted by molar-refractivity contribution is 5.81. The number of carbonyl (C=O) groups excluding carboxylic acids is 1. The number of hydrogen-bond acceptors (Lipinski definition) is 2. The van der Waals surface area contributed by atoms with Gasteiger partial charge in [-0.25, -0.2) is 8.78 Å². The average molecular weight is 270 g/mol. The fourth-order valence-electron chi connectivity index (χ4n) is 1.58. The van der Waals surface area contributed by atoms with E-state index in [1.807, 2.05) is 6.92 Å². The zero-order valence-electron chi connectivity index (χ0n) is 11.3. The van der Waals surface area contributed by atoms with Crippen LogP contribution in [0.15, 0.2) is 18.2 Å². The fraction of sp³-hybridized carbons (Fsp3) is 0.500. The Labute approximate surface area is 112 Å². The van der Waals surface area contributed by atoms with Crippen LogP contribution in [0.3, 0.4) is 0 Å². The molecule has 0 heterocycles. The summed E-state index contributed by atoms with van der Waals surface area (Å²) in [5.74, 6) is -1.10. The Morgan fingerprint density at radius 3 is 2.79 bits per heavy atom. The number of unbranched alkanes of at least 4 members (excludes halogenated alkanes) is 1. The van der Waals surface area contributed by atoms with Crippen LogP contribution in [0.4, 0.5) is 8.78 Å². The number of carbonyl (C=O) groups is 1. The van der Waals surface area contributed by atoms with Crippen molar-refractivity contribution in [3.63, 3.8) is 0 Å². The predicted molar refractivity (Wildman–Crippen MR) is 70.6 cm³/mol. The maximum Gasteiger partial charge on any atom is 0.236 e. The third-order valence-corrected chi connectivity index (χ3v) is 2.83. The average Bonchev–Trinajstić information content (AvgIpc) is 2.39. The van der Waals surface area contributed by atoms with E-state index in [-0.39, 0.29) is 18.0 Å². The van der Waals surface area contributed by atoms with Crippen molar-refractivity contribution in [2.75, 3.05) is 6.54 Å². The maximum absolute atomic E-state index is 13.4. The first-order valence-electron chi connectivity index (χ1n) is 6.49. The Balaban J connectivity index is 2.42. The SMILES string of the molecule is CCCCNC(=O)C(C)NCc1cc(F)ccc1F. The molecule has 0 bridgehead atoms. The minimum absolute atomic E-state index is 0.117. The molecule has 1 unspecified atom stereocenters. The Morgan fingerprint density at radius 1 is 1.37 bits per heavy atom. The normalized spacial score (nSPS) is 12.2. The number of rotatable bonds is 7. The lowest BCUT2D eigenvalue weighted by Crippen LogP contribution is -2.42. The van der Waals surface area contributed by atoms with E-state index in [0.717, 1.165) is 31.0 Å². The van der Waals surface area contributed by atoms with Crippen molar-refractivity contribution >= 4 is 5.91 Å². The highest BCUT2D eigenvalue weighted by atomic mass is 19.1. The van der Waals surface area contributed by atoms with Gasteiger partial charge in [-0.2, -0.15) is 0 Å². The standard InChI is InChI=1S/C14H20F2N2O/c1-3-4-7-17-14(19)10(2)18-9-11-8-12(15)5-6-13(11)16/h5-6,8,10,18H,3-4,7,9H2,1-2H3,(H,17,19). The second-order valence-electron chi connectivity index (χ2n) is 4.48. The van der Waals surface area contributed by atoms with Crippen molar-refractivity contribution in [1.29, 1.82) is 0 Å². The van der Waals surface area contributed by atoms with Crippen LogP contribution in [-0.4, -0.2) is 18.5 Å². The number of halogens is 2. The van der Waals surface area contributed by atoms with E-state index in [1.165, 1.54) is 0 Å². The van der Waals surface area contributed by atoms with Crippen molar-refractivity contribution in [3.8, 4) is 0 Å². The first kappa shape index (κ1) is 15.6. The third kappa shape index (κ3) is 5.34. The first-order valence-corrected chi connectivity index (χ1v) is 6.49. The van der Waals surface area contributed by atoms with Crippen LogP contribution >= 0.6 is 0 Å². The molecule has 1 aromatic carbocycles. The topological polar surface area (TPSA) is 41.1 Å². The molecule has 5 heteroatoms. The Morgan fingerprint density at radius 2 is 2.11 bits per heavy atom. The number of nitrogens with one attached hydrogen (secondary N) is 2. The van der Waals surface area contributed by atoms with Gasteiger partial charge in [0, 0.05) is 18.7 Å². The molecule has 0 aromatic heterocycles. The van der Waals surface area contributed by atoms with E-state index >= 15 is 0 Å². The smallest absolute Gasteiger partial charge is 0.236 e. The summed E-state index contributed by atoms with van der Waals surface area (Å²) in [7, 11) is 0. The van der Waals surface area contributed by atoms with Gasteiger partial charge in [-0.15, -0.1) is 0 Å². The molecule has 0 saturated heterocycles. The van der Waals surface area contributed by atoms with Gasteiger partial charge in [-0.1, -0.05) is 13.3 Å². The molecule has 0 radical (unpaired) electrons. The van der Waals surface area contributed by atoms with E-state index < -0.39 is 17.7 Å². The Kier molecular flexibility index (Phi) is 6.42. The second kappa shape index (κ2) is 7.84. The molecule has 0 saturated carbocycles. The van der Waals surface area contributed by atoms with Crippen LogP contribution < -0.4 is 10.6 Å². The minimum atomic E-state index is -0.488. The molecule has 19 heavy (non-hydrogen) atoms. The summed E-state index contributed by atoms with van der Waals surface area (Å²) in [5, 5.41) is 5.65. The van der Waals surface area contributed by atoms with E-state index in [9.17, 15) is 13.6 Å². The Hall–Kier alpha value is -1.49. The third-order valence-electron chi connectivity index (χ3n) is 2.83. The van der Waals surface area contributed by atoms with Gasteiger partial charge in [0.2, 0.25) is 5.91 Å². The van der Waals surface area contributed by atoms with Crippen LogP contribution in [0, 0.1) is 11.6 Å². The quantitative estimate of drug-likeness (QED) is 0.747. The molecule has 1 atom stereocenters. The van der Waals surface area contributed by atoms with Crippen LogP contribution in [0.25, 0.3) is 0 Å². The first-order chi connectivity index (χ1) is 9.04. The van der Waals surface area contributed by atoms with Crippen LogP contribution in [0.5, 0.6) is 0 Å². The van der Waals surface area contributed by atoms with Crippen molar-refractivity contribution < 1.29 is 13.6 Å². The van der Waals surface area contributed by atoms with Gasteiger partial charge in [-0.05, 0) is 31.5 Å². The molecule has 0 aliphatic carbocycles. The molecule has 0 fully saturated rings. The summed E-state index contributed by atoms with van der Waals surface area (Å²) < 4.78 is 26.3. The van der Waals surface area contributed by atoms with Crippen molar-refractivity contribution in [2.24, 2.45) is 0 Å². The van der Waals surface area contributed by atoms with E-state index in [4.69, 9.17) is 0 Å². The fourth-order valence-corrected chi connectivity index (χ4v) is 1.58. The van der Waals surface area contributed by atoms with Gasteiger partial charge in [0.25, 0.3) is 0 Å². The van der Waals surface area contributed by atoms with Crippen molar-refractivity contribution in [1.82, 2.24) is 10.6 Å². The maximum atomic E-state index is 13.4. The van der Waals surface area contributed by atoms with Gasteiger partial charge in [-0.3, -0.25) is 4.79 Å². The van der Waals surface area contributed by atoms with Crippen LogP contribution in [-0.2, 0) is 11.3 Å². The summed E-state index contributed by atoms with van der Waals surface area (Å²) in [6.07, 6.45) is 1.94. The minimum Gasteiger partial charge on any atom is -0.355 e. The van der Waals surface area contributed by atoms with Gasteiger partial charge >= 0.3 is 0 Å². The van der Waals surface area contributed by atoms with E-state index in [1.54, 1.807) is 6.92 Å². The van der Waals surface area contributed by atoms with Gasteiger partial charge in [0.1, 0.15) is 11.6 Å². The molecule has 1 amide bonds. The zero-order valence-corrected chi connectivity index (χ0v) is 11.3. The molecule has 1 rings (SSSR count). The van der Waals surface area contributed by atoms with Crippen molar-refractivity contribution in [3.05, 3.63) is 35.4 Å². The Bertz CT molecular complexity index is 424. The molecular weight excluding hydrogens is 250 g/mol. The summed E-state index contributed by atoms with van der Waals surface area (Å²) >= 11 is 0. The highest BCUT2D eigenvalue weighted by Gasteiger charge is 2.12. The summed E-state index contributed by atoms with van der Waals surface area (Å²) in [6.45, 7) is 4.49. The number of hydrogen-bond donors (Lipinski definition) is 2. The number of benzene rings is 1. The zero-order chi connectivity index (χ0) is 14.3. The highest BCUT2D eigenvalue weighted by Crippen LogP contribution is 2.09. The molecule has 0 aliphatic rings. The van der Waals surface area contributed by atoms with E-state index in [0.29, 0.717) is 6.54 Å². The lowest BCUT2D eigenvalue weighted by atomic mass is 10.2. The lowest BCUT2D eigenvalue weighted by molar-refractivity contribution is -0.122. The van der Waals surface area contributed by atoms with Gasteiger partial charge < -0.3 is 10.6 Å². The molecule has 106 valence electrons. The number of amides is 1. The predicted octanol–water partition coefficient (Wildman–Crippen LogP) is 2.36.